The molecule has 0 aliphatic heterocycles. The average Bonchev–Trinajstić information content (AvgIpc) is 2.85. The first-order valence-corrected chi connectivity index (χ1v) is 7.63. The van der Waals surface area contributed by atoms with Crippen LogP contribution in [0.25, 0.3) is 21.8 Å². The fourth-order valence-electron chi connectivity index (χ4n) is 3.11. The number of nitrogens with zero attached hydrogens (tertiary/aromatic N) is 1. The van der Waals surface area contributed by atoms with Gasteiger partial charge in [0.1, 0.15) is 0 Å². The Hall–Kier alpha value is -2.06. The second-order valence-electron chi connectivity index (χ2n) is 5.51. The van der Waals surface area contributed by atoms with Crippen molar-refractivity contribution in [1.29, 1.82) is 0 Å². The van der Waals surface area contributed by atoms with Crippen molar-refractivity contribution in [2.75, 3.05) is 0 Å². The summed E-state index contributed by atoms with van der Waals surface area (Å²) in [7, 11) is 0. The van der Waals surface area contributed by atoms with Crippen LogP contribution in [-0.4, -0.2) is 4.57 Å². The van der Waals surface area contributed by atoms with Gasteiger partial charge in [0, 0.05) is 34.4 Å². The van der Waals surface area contributed by atoms with Crippen molar-refractivity contribution in [1.82, 2.24) is 4.57 Å². The van der Waals surface area contributed by atoms with Gasteiger partial charge in [0.25, 0.3) is 0 Å². The Morgan fingerprint density at radius 1 is 1.14 bits per heavy atom. The van der Waals surface area contributed by atoms with Crippen LogP contribution in [0.1, 0.15) is 31.4 Å². The summed E-state index contributed by atoms with van der Waals surface area (Å²) >= 11 is 0. The molecule has 0 aliphatic carbocycles. The minimum Gasteiger partial charge on any atom is -0.341 e. The third-order valence-electron chi connectivity index (χ3n) is 4.22. The molecule has 2 aromatic carbocycles. The molecule has 0 aliphatic rings. The molecule has 0 unspecified atom stereocenters. The maximum absolute atomic E-state index is 6.30. The molecular formula is C19H22N2. The van der Waals surface area contributed by atoms with E-state index >= 15 is 0 Å². The van der Waals surface area contributed by atoms with Crippen LogP contribution in [0.2, 0.25) is 0 Å². The number of para-hydroxylation sites is 1. The van der Waals surface area contributed by atoms with Gasteiger partial charge in [0.2, 0.25) is 0 Å². The van der Waals surface area contributed by atoms with E-state index in [4.69, 9.17) is 5.73 Å². The molecule has 1 aromatic heterocycles. The van der Waals surface area contributed by atoms with Gasteiger partial charge in [-0.1, -0.05) is 30.3 Å². The predicted octanol–water partition coefficient (Wildman–Crippen LogP) is 4.78. The normalized spacial score (nSPS) is 12.9. The molecule has 21 heavy (non-hydrogen) atoms. The topological polar surface area (TPSA) is 30.9 Å². The number of allylic oxidation sites excluding steroid dienone is 1. The van der Waals surface area contributed by atoms with Crippen molar-refractivity contribution in [3.63, 3.8) is 0 Å². The predicted molar refractivity (Wildman–Crippen MR) is 91.5 cm³/mol. The lowest BCUT2D eigenvalue weighted by atomic mass is 10.0. The summed E-state index contributed by atoms with van der Waals surface area (Å²) in [5.74, 6) is 0. The molecular weight excluding hydrogens is 256 g/mol. The number of aromatic nitrogens is 1. The summed E-state index contributed by atoms with van der Waals surface area (Å²) in [6.07, 6.45) is 3.83. The van der Waals surface area contributed by atoms with E-state index in [1.165, 1.54) is 27.4 Å². The van der Waals surface area contributed by atoms with Crippen molar-refractivity contribution in [2.24, 2.45) is 5.73 Å². The van der Waals surface area contributed by atoms with Crippen LogP contribution in [0, 0.1) is 0 Å². The molecule has 0 bridgehead atoms. The number of hydrogen-bond donors (Lipinski definition) is 1. The van der Waals surface area contributed by atoms with Crippen LogP contribution in [0.15, 0.2) is 55.1 Å². The fourth-order valence-corrected chi connectivity index (χ4v) is 3.11. The molecule has 1 atom stereocenters. The van der Waals surface area contributed by atoms with Crippen molar-refractivity contribution in [2.45, 2.75) is 32.4 Å². The third kappa shape index (κ3) is 2.36. The molecule has 1 heterocycles. The zero-order chi connectivity index (χ0) is 14.8. The van der Waals surface area contributed by atoms with E-state index in [-0.39, 0.29) is 6.04 Å². The van der Waals surface area contributed by atoms with Crippen LogP contribution < -0.4 is 5.73 Å². The lowest BCUT2D eigenvalue weighted by Gasteiger charge is -2.11. The molecule has 0 saturated heterocycles. The van der Waals surface area contributed by atoms with E-state index in [9.17, 15) is 0 Å². The molecule has 2 nitrogen and oxygen atoms in total. The van der Waals surface area contributed by atoms with Crippen molar-refractivity contribution in [3.05, 3.63) is 60.7 Å². The number of fused-ring (bicyclic) bond motifs is 3. The first kappa shape index (κ1) is 13.9. The summed E-state index contributed by atoms with van der Waals surface area (Å²) in [6.45, 7) is 6.94. The summed E-state index contributed by atoms with van der Waals surface area (Å²) in [5.41, 5.74) is 10.1. The van der Waals surface area contributed by atoms with Gasteiger partial charge in [-0.2, -0.15) is 0 Å². The summed E-state index contributed by atoms with van der Waals surface area (Å²) in [6, 6.07) is 15.3. The van der Waals surface area contributed by atoms with Crippen LogP contribution in [0.4, 0.5) is 0 Å². The Morgan fingerprint density at radius 2 is 1.90 bits per heavy atom. The number of benzene rings is 2. The Labute approximate surface area is 125 Å². The molecule has 0 amide bonds. The lowest BCUT2D eigenvalue weighted by Crippen LogP contribution is -2.09. The summed E-state index contributed by atoms with van der Waals surface area (Å²) < 4.78 is 2.36. The number of nitrogens with two attached hydrogens (primary N) is 1. The fraction of sp³-hybridized carbons (Fsp3) is 0.263. The largest absolute Gasteiger partial charge is 0.341 e. The minimum atomic E-state index is 0.0798. The van der Waals surface area contributed by atoms with E-state index < -0.39 is 0 Å². The average molecular weight is 278 g/mol. The molecule has 108 valence electrons. The Morgan fingerprint density at radius 3 is 2.67 bits per heavy atom. The Balaban J connectivity index is 2.17. The monoisotopic (exact) mass is 278 g/mol. The number of aryl methyl sites for hydroxylation is 1. The quantitative estimate of drug-likeness (QED) is 0.669. The SMILES string of the molecule is C=CCC[C@@H](N)c1ccc2c(c1)c1ccccc1n2CC. The van der Waals surface area contributed by atoms with E-state index in [0.717, 1.165) is 19.4 Å². The highest BCUT2D eigenvalue weighted by molar-refractivity contribution is 6.08. The Bertz CT molecular complexity index is 783. The van der Waals surface area contributed by atoms with E-state index in [1.54, 1.807) is 0 Å². The van der Waals surface area contributed by atoms with Gasteiger partial charge in [-0.15, -0.1) is 6.58 Å². The first-order chi connectivity index (χ1) is 10.3. The van der Waals surface area contributed by atoms with Gasteiger partial charge in [0.05, 0.1) is 0 Å². The van der Waals surface area contributed by atoms with Gasteiger partial charge in [-0.25, -0.2) is 0 Å². The number of hydrogen-bond acceptors (Lipinski definition) is 1. The van der Waals surface area contributed by atoms with Crippen LogP contribution in [-0.2, 0) is 6.54 Å². The van der Waals surface area contributed by atoms with E-state index in [2.05, 4.69) is 60.5 Å². The van der Waals surface area contributed by atoms with Gasteiger partial charge in [-0.3, -0.25) is 0 Å². The third-order valence-corrected chi connectivity index (χ3v) is 4.22. The maximum Gasteiger partial charge on any atom is 0.0491 e. The van der Waals surface area contributed by atoms with E-state index in [0.29, 0.717) is 0 Å². The van der Waals surface area contributed by atoms with Gasteiger partial charge in [-0.05, 0) is 43.5 Å². The van der Waals surface area contributed by atoms with E-state index in [1.807, 2.05) is 6.08 Å². The van der Waals surface area contributed by atoms with Gasteiger partial charge >= 0.3 is 0 Å². The standard InChI is InChI=1S/C19H22N2/c1-3-5-9-17(20)14-11-12-19-16(13-14)15-8-6-7-10-18(15)21(19)4-2/h3,6-8,10-13,17H,1,4-5,9,20H2,2H3/t17-/m1/s1. The molecule has 0 saturated carbocycles. The van der Waals surface area contributed by atoms with Gasteiger partial charge < -0.3 is 10.3 Å². The van der Waals surface area contributed by atoms with Crippen LogP contribution >= 0.6 is 0 Å². The molecule has 3 rings (SSSR count). The summed E-state index contributed by atoms with van der Waals surface area (Å²) in [4.78, 5) is 0. The maximum atomic E-state index is 6.30. The highest BCUT2D eigenvalue weighted by Crippen LogP contribution is 2.31. The van der Waals surface area contributed by atoms with Crippen molar-refractivity contribution < 1.29 is 0 Å². The minimum absolute atomic E-state index is 0.0798. The Kier molecular flexibility index (Phi) is 3.80. The van der Waals surface area contributed by atoms with Crippen molar-refractivity contribution >= 4 is 21.8 Å². The highest BCUT2D eigenvalue weighted by atomic mass is 15.0. The molecule has 0 fully saturated rings. The van der Waals surface area contributed by atoms with Crippen molar-refractivity contribution in [3.8, 4) is 0 Å². The first-order valence-electron chi connectivity index (χ1n) is 7.63. The zero-order valence-electron chi connectivity index (χ0n) is 12.5. The highest BCUT2D eigenvalue weighted by Gasteiger charge is 2.12. The number of rotatable bonds is 5. The second-order valence-corrected chi connectivity index (χ2v) is 5.51. The molecule has 0 spiro atoms. The van der Waals surface area contributed by atoms with Crippen LogP contribution in [0.3, 0.4) is 0 Å². The molecule has 2 heteroatoms. The zero-order valence-corrected chi connectivity index (χ0v) is 12.5. The van der Waals surface area contributed by atoms with Gasteiger partial charge in [0.15, 0.2) is 0 Å². The second kappa shape index (κ2) is 5.74. The molecule has 2 N–H and O–H groups in total. The lowest BCUT2D eigenvalue weighted by molar-refractivity contribution is 0.662. The summed E-state index contributed by atoms with van der Waals surface area (Å²) in [5, 5.41) is 2.62. The molecule has 0 radical (unpaired) electrons. The van der Waals surface area contributed by atoms with Crippen LogP contribution in [0.5, 0.6) is 0 Å². The molecule has 3 aromatic rings. The smallest absolute Gasteiger partial charge is 0.0491 e.